The van der Waals surface area contributed by atoms with Gasteiger partial charge in [-0.1, -0.05) is 97.8 Å². The molecule has 9 nitrogen and oxygen atoms in total. The summed E-state index contributed by atoms with van der Waals surface area (Å²) in [6.45, 7) is 51.6. The van der Waals surface area contributed by atoms with E-state index in [9.17, 15) is 0 Å². The number of hydrogen-bond donors (Lipinski definition) is 0. The highest BCUT2D eigenvalue weighted by atomic mass is 29.3. The van der Waals surface area contributed by atoms with Gasteiger partial charge in [0.15, 0.2) is 79.9 Å². The smallest absolute Gasteiger partial charge is 0.200 e. The van der Waals surface area contributed by atoms with Gasteiger partial charge in [0, 0.05) is 19.8 Å². The maximum absolute atomic E-state index is 6.63. The van der Waals surface area contributed by atoms with Gasteiger partial charge in [0.1, 0.15) is 29.3 Å². The average molecular weight is 1230 g/mol. The summed E-state index contributed by atoms with van der Waals surface area (Å²) in [4.78, 5) is 0. The Morgan fingerprint density at radius 1 is 0.304 bits per heavy atom. The highest BCUT2D eigenvalue weighted by molar-refractivity contribution is 7.28. The first-order chi connectivity index (χ1) is 32.4. The maximum Gasteiger partial charge on any atom is 0.200 e. The lowest BCUT2D eigenvalue weighted by atomic mass is 10.3. The lowest BCUT2D eigenvalue weighted by Gasteiger charge is -2.33. The topological polar surface area (TPSA) is 83.1 Å². The van der Waals surface area contributed by atoms with E-state index in [4.69, 9.17) is 38.0 Å². The summed E-state index contributed by atoms with van der Waals surface area (Å²) in [6.07, 6.45) is 19.4. The second kappa shape index (κ2) is 49.2. The van der Waals surface area contributed by atoms with Gasteiger partial charge in [-0.05, 0) is 173 Å². The Bertz CT molecular complexity index is 1040. The molecule has 0 aliphatic heterocycles. The second-order valence-electron chi connectivity index (χ2n) is 22.8. The molecule has 0 spiro atoms. The minimum absolute atomic E-state index is 0.140. The van der Waals surface area contributed by atoms with Crippen LogP contribution in [0.5, 0.6) is 0 Å². The summed E-state index contributed by atoms with van der Waals surface area (Å²) in [5.41, 5.74) is 0. The lowest BCUT2D eigenvalue weighted by Crippen LogP contribution is -2.52. The summed E-state index contributed by atoms with van der Waals surface area (Å²) in [6, 6.07) is 8.09. The number of hydrogen-bond acceptors (Lipinski definition) is 9. The van der Waals surface area contributed by atoms with E-state index in [2.05, 4.69) is 139 Å². The molecule has 69 heavy (non-hydrogen) atoms. The van der Waals surface area contributed by atoms with Crippen LogP contribution in [0, 0.1) is 0 Å². The maximum atomic E-state index is 6.63. The summed E-state index contributed by atoms with van der Waals surface area (Å²) in [7, 11) is -14.1. The van der Waals surface area contributed by atoms with Crippen molar-refractivity contribution in [3.05, 3.63) is 0 Å². The first-order valence-electron chi connectivity index (χ1n) is 29.1. The highest BCUT2D eigenvalue weighted by Crippen LogP contribution is 2.23. The van der Waals surface area contributed by atoms with Crippen LogP contribution in [0.15, 0.2) is 0 Å². The molecule has 0 N–H and O–H groups in total. The first kappa shape index (κ1) is 76.1. The molecule has 0 saturated heterocycles. The van der Waals surface area contributed by atoms with Gasteiger partial charge in [-0.25, -0.2) is 0 Å². The second-order valence-corrected chi connectivity index (χ2v) is 79.5. The summed E-state index contributed by atoms with van der Waals surface area (Å²) in [5.74, 6) is 0. The summed E-state index contributed by atoms with van der Waals surface area (Å²) >= 11 is 0. The van der Waals surface area contributed by atoms with Crippen molar-refractivity contribution in [3.8, 4) is 0 Å². The molecule has 0 aromatic carbocycles. The lowest BCUT2D eigenvalue weighted by molar-refractivity contribution is 0.306. The van der Waals surface area contributed by atoms with E-state index in [1.54, 1.807) is 0 Å². The summed E-state index contributed by atoms with van der Waals surface area (Å²) < 4.78 is 56.4. The third kappa shape index (κ3) is 51.4. The van der Waals surface area contributed by atoms with Gasteiger partial charge >= 0.3 is 0 Å². The number of rotatable bonds is 45. The Kier molecular flexibility index (Phi) is 54.3. The quantitative estimate of drug-likeness (QED) is 0.0437. The molecular formula is C45H126O9Si15. The summed E-state index contributed by atoms with van der Waals surface area (Å²) in [5, 5.41) is 0. The molecule has 0 aromatic rings. The molecule has 0 bridgehead atoms. The van der Waals surface area contributed by atoms with Gasteiger partial charge in [0.2, 0.25) is 23.5 Å². The molecule has 420 valence electrons. The Balaban J connectivity index is -0.00000101. The van der Waals surface area contributed by atoms with Crippen molar-refractivity contribution in [2.75, 3.05) is 19.8 Å². The zero-order valence-electron chi connectivity index (χ0n) is 50.5. The van der Waals surface area contributed by atoms with Crippen molar-refractivity contribution < 1.29 is 38.0 Å². The van der Waals surface area contributed by atoms with Crippen molar-refractivity contribution in [3.63, 3.8) is 0 Å². The van der Waals surface area contributed by atoms with Crippen LogP contribution in [0.3, 0.4) is 0 Å². The van der Waals surface area contributed by atoms with Crippen molar-refractivity contribution in [1.82, 2.24) is 0 Å². The predicted molar refractivity (Wildman–Crippen MR) is 352 cm³/mol. The largest absolute Gasteiger partial charge is 0.463 e. The van der Waals surface area contributed by atoms with E-state index in [1.807, 2.05) is 0 Å². The molecule has 0 amide bonds. The highest BCUT2D eigenvalue weighted by Gasteiger charge is 2.39. The Morgan fingerprint density at radius 3 is 0.754 bits per heavy atom. The fraction of sp³-hybridized carbons (Fsp3) is 1.00. The molecule has 0 radical (unpaired) electrons. The van der Waals surface area contributed by atoms with Crippen LogP contribution in [0.4, 0.5) is 0 Å². The average Bonchev–Trinajstić information content (AvgIpc) is 3.24. The van der Waals surface area contributed by atoms with Gasteiger partial charge in [0.05, 0.1) is 0 Å². The molecule has 0 saturated carbocycles. The van der Waals surface area contributed by atoms with E-state index in [0.717, 1.165) is 19.8 Å². The van der Waals surface area contributed by atoms with Gasteiger partial charge in [-0.15, -0.1) is 0 Å². The molecule has 3 atom stereocenters. The third-order valence-electron chi connectivity index (χ3n) is 12.0. The van der Waals surface area contributed by atoms with Crippen LogP contribution in [0.1, 0.15) is 117 Å². The first-order valence-corrected chi connectivity index (χ1v) is 68.5. The van der Waals surface area contributed by atoms with Crippen LogP contribution in [0.2, 0.25) is 154 Å². The molecule has 24 heteroatoms. The monoisotopic (exact) mass is 1230 g/mol. The van der Waals surface area contributed by atoms with Gasteiger partial charge in [0.25, 0.3) is 0 Å². The van der Waals surface area contributed by atoms with Crippen LogP contribution in [-0.4, -0.2) is 153 Å². The van der Waals surface area contributed by atoms with Gasteiger partial charge in [-0.3, -0.25) is 0 Å². The minimum Gasteiger partial charge on any atom is -0.463 e. The van der Waals surface area contributed by atoms with Crippen molar-refractivity contribution in [2.24, 2.45) is 0 Å². The van der Waals surface area contributed by atoms with E-state index in [-0.39, 0.29) is 29.3 Å². The zero-order valence-corrected chi connectivity index (χ0v) is 68.1. The van der Waals surface area contributed by atoms with Crippen molar-refractivity contribution in [1.29, 1.82) is 0 Å². The fourth-order valence-corrected chi connectivity index (χ4v) is 64.2. The minimum atomic E-state index is -1.66. The molecule has 0 aliphatic rings. The van der Waals surface area contributed by atoms with Crippen molar-refractivity contribution >= 4 is 133 Å². The van der Waals surface area contributed by atoms with Crippen LogP contribution >= 0.6 is 0 Å². The fourth-order valence-electron chi connectivity index (χ4n) is 7.75. The Labute approximate surface area is 458 Å². The molecule has 0 aromatic heterocycles. The van der Waals surface area contributed by atoms with E-state index < -0.39 is 103 Å². The van der Waals surface area contributed by atoms with E-state index in [0.29, 0.717) is 0 Å². The van der Waals surface area contributed by atoms with E-state index >= 15 is 0 Å². The van der Waals surface area contributed by atoms with Gasteiger partial charge < -0.3 is 38.0 Å². The molecule has 3 unspecified atom stereocenters. The molecule has 0 heterocycles. The third-order valence-corrected chi connectivity index (χ3v) is 67.7. The molecular weight excluding hydrogens is 1110 g/mol. The Morgan fingerprint density at radius 2 is 0.536 bits per heavy atom. The molecule has 0 fully saturated rings. The van der Waals surface area contributed by atoms with Crippen LogP contribution in [-0.2, 0) is 38.0 Å². The normalized spacial score (nSPS) is 14.5. The standard InChI is InChI=1S/C21H56O4Si6.C15H42O3Si5.C9H28O2Si4/c1-11-13-18-22-30(7,8)28(24-26(3)4)20-16-15-17-21-29(25-27(5)6)31(9,10)23-19-14-12-2;1-8-9-13-16-23(6,7)22(18-21(4)5)15-12-10-11-14-19-17-20(2)3;1-14(2)10-12-8-6-5-7-9-13-11-15(3)4/h26-29H,11-21H2,1-10H3;20-22H,8-15,19H2,1-7H3;14-15H,5-9,12-13H2,1-4H3. The van der Waals surface area contributed by atoms with Gasteiger partial charge in [-0.2, -0.15) is 0 Å². The molecule has 0 rings (SSSR count). The van der Waals surface area contributed by atoms with Crippen LogP contribution in [0.25, 0.3) is 0 Å². The number of unbranched alkanes of at least 4 members (excludes halogenated alkanes) is 9. The zero-order chi connectivity index (χ0) is 53.2. The Hall–Kier alpha value is 2.89. The molecule has 0 aliphatic carbocycles. The predicted octanol–water partition coefficient (Wildman–Crippen LogP) is 10.4. The SMILES string of the molecule is CCCCO[Si](C)(C)[SiH](CCCCC[SiH2]O[SiH](C)C)O[SiH](C)C.CCCCO[Si](C)(C)[SiH](CCCCC[SiH](O[SiH](C)C)[Si](C)(C)OCCCC)O[SiH](C)C.C[SiH](C)O[SiH2]CCCCC[SiH2]O[SiH](C)C. The van der Waals surface area contributed by atoms with E-state index in [1.165, 1.54) is 133 Å². The van der Waals surface area contributed by atoms with Crippen molar-refractivity contribution in [2.45, 2.75) is 271 Å². The van der Waals surface area contributed by atoms with Crippen LogP contribution < -0.4 is 0 Å².